The second-order valence-corrected chi connectivity index (χ2v) is 29.3. The van der Waals surface area contributed by atoms with Gasteiger partial charge in [0.1, 0.15) is 16.1 Å². The Morgan fingerprint density at radius 2 is 0.857 bits per heavy atom. The Morgan fingerprint density at radius 3 is 1.27 bits per heavy atom. The molecule has 1 heterocycles. The van der Waals surface area contributed by atoms with Gasteiger partial charge in [0.15, 0.2) is 0 Å². The Bertz CT molecular complexity index is 2170. The van der Waals surface area contributed by atoms with Crippen molar-refractivity contribution in [2.45, 2.75) is 116 Å². The van der Waals surface area contributed by atoms with Crippen LogP contribution in [0, 0.1) is 22.9 Å². The van der Waals surface area contributed by atoms with Crippen LogP contribution in [0.2, 0.25) is 53.3 Å². The maximum atomic E-state index is 7.28. The number of hydrogen-bond donors (Lipinski definition) is 0. The van der Waals surface area contributed by atoms with Gasteiger partial charge < -0.3 is 0 Å². The van der Waals surface area contributed by atoms with E-state index in [2.05, 4.69) is 142 Å². The molecular weight excluding hydrogens is 735 g/mol. The molecule has 0 spiro atoms. The molecule has 0 N–H and O–H groups in total. The molecule has 258 valence electrons. The number of benzene rings is 4. The molecule has 0 fully saturated rings. The van der Waals surface area contributed by atoms with Crippen LogP contribution in [0.4, 0.5) is 0 Å². The minimum absolute atomic E-state index is 0.250. The molecule has 0 aliphatic heterocycles. The molecule has 0 saturated carbocycles. The van der Waals surface area contributed by atoms with Gasteiger partial charge in [-0.25, -0.2) is 0 Å². The highest BCUT2D eigenvalue weighted by Gasteiger charge is 2.43. The molecule has 0 nitrogen and oxygen atoms in total. The molecule has 0 saturated heterocycles. The molecule has 0 amide bonds. The first-order chi connectivity index (χ1) is 22.9. The number of rotatable bonds is 6. The number of thiophene rings is 1. The lowest BCUT2D eigenvalue weighted by Crippen LogP contribution is -2.43. The third kappa shape index (κ3) is 6.19. The zero-order chi connectivity index (χ0) is 36.3. The summed E-state index contributed by atoms with van der Waals surface area (Å²) >= 11 is 30.1. The molecule has 5 aromatic rings. The first kappa shape index (κ1) is 38.6. The largest absolute Gasteiger partial charge is 0.146 e. The second kappa shape index (κ2) is 14.4. The van der Waals surface area contributed by atoms with Gasteiger partial charge >= 0.3 is 0 Å². The summed E-state index contributed by atoms with van der Waals surface area (Å²) in [5, 5.41) is 7.24. The number of fused-ring (bicyclic) bond motifs is 5. The Hall–Kier alpha value is -1.67. The average Bonchev–Trinajstić information content (AvgIpc) is 3.39. The van der Waals surface area contributed by atoms with Crippen molar-refractivity contribution in [2.75, 3.05) is 0 Å². The van der Waals surface area contributed by atoms with Gasteiger partial charge in [0.25, 0.3) is 0 Å². The van der Waals surface area contributed by atoms with Gasteiger partial charge in [0, 0.05) is 47.5 Å². The fourth-order valence-electron chi connectivity index (χ4n) is 9.02. The van der Waals surface area contributed by atoms with E-state index in [0.29, 0.717) is 43.3 Å². The van der Waals surface area contributed by atoms with Crippen LogP contribution in [0.1, 0.15) is 94.2 Å². The summed E-state index contributed by atoms with van der Waals surface area (Å²) in [6, 6.07) is 13.2. The van der Waals surface area contributed by atoms with Crippen LogP contribution in [0.3, 0.4) is 0 Å². The van der Waals surface area contributed by atoms with Crippen LogP contribution in [-0.2, 0) is 0 Å². The molecule has 0 radical (unpaired) electrons. The van der Waals surface area contributed by atoms with Gasteiger partial charge in [-0.3, -0.25) is 0 Å². The topological polar surface area (TPSA) is 0 Å². The monoisotopic (exact) mass is 780 g/mol. The minimum Gasteiger partial charge on any atom is -0.135 e. The van der Waals surface area contributed by atoms with E-state index in [1.54, 1.807) is 11.3 Å². The van der Waals surface area contributed by atoms with E-state index < -0.39 is 16.1 Å². The highest BCUT2D eigenvalue weighted by Crippen LogP contribution is 2.50. The van der Waals surface area contributed by atoms with E-state index in [-0.39, 0.29) is 10.0 Å². The van der Waals surface area contributed by atoms with Gasteiger partial charge in [-0.2, -0.15) is 0 Å². The summed E-state index contributed by atoms with van der Waals surface area (Å²) < 4.78 is 2.45. The van der Waals surface area contributed by atoms with Crippen LogP contribution < -0.4 is 0 Å². The second-order valence-electron chi connectivity index (χ2n) is 15.5. The lowest BCUT2D eigenvalue weighted by molar-refractivity contribution is 0.838. The third-order valence-corrected chi connectivity index (χ3v) is 26.9. The zero-order valence-electron chi connectivity index (χ0n) is 30.8. The summed E-state index contributed by atoms with van der Waals surface area (Å²) in [7, 11) is -4.26. The molecule has 1 aromatic heterocycles. The predicted molar refractivity (Wildman–Crippen MR) is 230 cm³/mol. The first-order valence-corrected chi connectivity index (χ1v) is 24.3. The fraction of sp³-hybridized carbons (Fsp3) is 0.429. The maximum Gasteiger partial charge on any atom is 0.146 e. The van der Waals surface area contributed by atoms with Crippen LogP contribution in [-0.4, -0.2) is 16.1 Å². The van der Waals surface area contributed by atoms with Crippen LogP contribution >= 0.6 is 57.7 Å². The lowest BCUT2D eigenvalue weighted by Gasteiger charge is -2.38. The summed E-state index contributed by atoms with van der Waals surface area (Å²) in [5.41, 5.74) is 12.5. The van der Waals surface area contributed by atoms with E-state index >= 15 is 0 Å². The Kier molecular flexibility index (Phi) is 11.3. The molecule has 0 aliphatic rings. The van der Waals surface area contributed by atoms with Gasteiger partial charge in [0.2, 0.25) is 0 Å². The van der Waals surface area contributed by atoms with Crippen molar-refractivity contribution in [1.82, 2.24) is 0 Å². The van der Waals surface area contributed by atoms with Crippen molar-refractivity contribution in [3.63, 3.8) is 0 Å². The van der Waals surface area contributed by atoms with E-state index in [4.69, 9.17) is 46.4 Å². The zero-order valence-corrected chi connectivity index (χ0v) is 36.7. The van der Waals surface area contributed by atoms with Crippen molar-refractivity contribution in [1.29, 1.82) is 0 Å². The average molecular weight is 783 g/mol. The van der Waals surface area contributed by atoms with Crippen molar-refractivity contribution in [2.24, 2.45) is 0 Å². The summed E-state index contributed by atoms with van der Waals surface area (Å²) in [6.07, 6.45) is 0. The summed E-state index contributed by atoms with van der Waals surface area (Å²) in [5.74, 6) is 7.64. The summed E-state index contributed by atoms with van der Waals surface area (Å²) in [6.45, 7) is 28.1. The van der Waals surface area contributed by atoms with E-state index in [0.717, 1.165) is 32.7 Å². The lowest BCUT2D eigenvalue weighted by atomic mass is 9.91. The smallest absolute Gasteiger partial charge is 0.135 e. The van der Waals surface area contributed by atoms with Crippen molar-refractivity contribution in [3.05, 3.63) is 67.6 Å². The molecule has 0 bridgehead atoms. The van der Waals surface area contributed by atoms with Gasteiger partial charge in [-0.15, -0.1) is 22.4 Å². The van der Waals surface area contributed by atoms with Crippen molar-refractivity contribution >= 4 is 116 Å². The molecule has 0 atom stereocenters. The standard InChI is InChI=1S/C42H48Cl4SSi2/c1-23(2)48(24(3)4,25(5)6)19-17-30-32-21-34-29-15-13-14-16-35(29)47-36(34)22-33(32)31(18-20-49(26(7)8,27(9)10)28(11)12)38-37(30)39(43)41(45)42(46)40(38)44/h13-16,21-28H,1-12H3. The fourth-order valence-corrected chi connectivity index (χ4v) is 21.6. The third-order valence-electron chi connectivity index (χ3n) is 11.4. The van der Waals surface area contributed by atoms with Gasteiger partial charge in [-0.1, -0.05) is 160 Å². The first-order valence-electron chi connectivity index (χ1n) is 17.6. The van der Waals surface area contributed by atoms with E-state index in [9.17, 15) is 0 Å². The highest BCUT2D eigenvalue weighted by atomic mass is 35.5. The molecule has 7 heteroatoms. The predicted octanol–water partition coefficient (Wildman–Crippen LogP) is 16.1. The van der Waals surface area contributed by atoms with Crippen LogP contribution in [0.5, 0.6) is 0 Å². The van der Waals surface area contributed by atoms with E-state index in [1.807, 2.05) is 0 Å². The summed E-state index contributed by atoms with van der Waals surface area (Å²) in [4.78, 5) is 0. The molecule has 5 rings (SSSR count). The molecular formula is C42H48Cl4SSi2. The molecule has 49 heavy (non-hydrogen) atoms. The van der Waals surface area contributed by atoms with Crippen molar-refractivity contribution in [3.8, 4) is 22.9 Å². The van der Waals surface area contributed by atoms with Crippen LogP contribution in [0.15, 0.2) is 36.4 Å². The van der Waals surface area contributed by atoms with E-state index in [1.165, 1.54) is 20.2 Å². The highest BCUT2D eigenvalue weighted by molar-refractivity contribution is 7.25. The Morgan fingerprint density at radius 1 is 0.469 bits per heavy atom. The SMILES string of the molecule is CC(C)[Si](C#Cc1c2cc3sc4ccccc4c3cc2c(C#C[Si](C(C)C)(C(C)C)C(C)C)c2c(Cl)c(Cl)c(Cl)c(Cl)c12)(C(C)C)C(C)C. The van der Waals surface area contributed by atoms with Crippen LogP contribution in [0.25, 0.3) is 41.7 Å². The molecule has 0 unspecified atom stereocenters. The van der Waals surface area contributed by atoms with Gasteiger partial charge in [-0.05, 0) is 56.8 Å². The molecule has 0 aliphatic carbocycles. The molecule has 4 aromatic carbocycles. The quantitative estimate of drug-likeness (QED) is 0.0529. The Balaban J connectivity index is 2.11. The normalized spacial score (nSPS) is 12.9. The Labute approximate surface area is 320 Å². The number of halogens is 4. The van der Waals surface area contributed by atoms with Crippen molar-refractivity contribution < 1.29 is 0 Å². The maximum absolute atomic E-state index is 7.28. The minimum atomic E-state index is -2.13. The van der Waals surface area contributed by atoms with Gasteiger partial charge in [0.05, 0.1) is 20.1 Å². The number of hydrogen-bond acceptors (Lipinski definition) is 1.